The summed E-state index contributed by atoms with van der Waals surface area (Å²) in [5.74, 6) is 0.0142. The average Bonchev–Trinajstić information content (AvgIpc) is 3.58. The second-order valence-corrected chi connectivity index (χ2v) is 12.6. The smallest absolute Gasteiger partial charge is 0.394 e. The monoisotopic (exact) mass is 708 g/mol. The molecule has 0 radical (unpaired) electrons. The predicted molar refractivity (Wildman–Crippen MR) is 155 cm³/mol. The van der Waals surface area contributed by atoms with E-state index in [9.17, 15) is 44.6 Å². The Morgan fingerprint density at radius 3 is 1.92 bits per heavy atom. The van der Waals surface area contributed by atoms with Crippen LogP contribution in [0.3, 0.4) is 0 Å². The molecule has 3 saturated heterocycles. The lowest BCUT2D eigenvalue weighted by Gasteiger charge is -2.41. The molecule has 268 valence electrons. The van der Waals surface area contributed by atoms with Crippen LogP contribution in [0.2, 0.25) is 0 Å². The molecule has 22 nitrogen and oxygen atoms in total. The van der Waals surface area contributed by atoms with E-state index >= 15 is 0 Å². The van der Waals surface area contributed by atoms with Crippen LogP contribution in [0.5, 0.6) is 0 Å². The van der Waals surface area contributed by atoms with Crippen LogP contribution < -0.4 is 22.8 Å². The van der Waals surface area contributed by atoms with E-state index in [2.05, 4.69) is 9.97 Å². The molecule has 2 aromatic rings. The van der Waals surface area contributed by atoms with Gasteiger partial charge in [0.25, 0.3) is 0 Å². The fourth-order valence-electron chi connectivity index (χ4n) is 5.32. The number of nitrogens with zero attached hydrogens (tertiary/aromatic N) is 4. The molecule has 3 fully saturated rings. The van der Waals surface area contributed by atoms with Gasteiger partial charge in [0.15, 0.2) is 13.1 Å². The number of anilines is 2. The first-order chi connectivity index (χ1) is 22.8. The molecule has 12 atom stereocenters. The molecule has 0 spiro atoms. The zero-order chi connectivity index (χ0) is 34.7. The number of rotatable bonds is 13. The third kappa shape index (κ3) is 8.43. The topological polar surface area (TPSA) is 325 Å². The fraction of sp³-hybridized carbons (Fsp3) is 0.680. The van der Waals surface area contributed by atoms with E-state index in [1.165, 1.54) is 24.5 Å². The van der Waals surface area contributed by atoms with Crippen LogP contribution >= 0.6 is 7.82 Å². The Balaban J connectivity index is 1.11. The van der Waals surface area contributed by atoms with Crippen molar-refractivity contribution in [2.24, 2.45) is 0 Å². The van der Waals surface area contributed by atoms with Crippen molar-refractivity contribution in [3.8, 4) is 0 Å². The van der Waals surface area contributed by atoms with E-state index in [0.29, 0.717) is 0 Å². The van der Waals surface area contributed by atoms with Crippen molar-refractivity contribution in [2.75, 3.05) is 38.1 Å². The van der Waals surface area contributed by atoms with Gasteiger partial charge in [-0.25, -0.2) is 14.2 Å². The summed E-state index contributed by atoms with van der Waals surface area (Å²) in [5, 5.41) is 51.9. The Hall–Kier alpha value is -2.93. The summed E-state index contributed by atoms with van der Waals surface area (Å²) < 4.78 is 52.2. The minimum absolute atomic E-state index is 0.00140. The van der Waals surface area contributed by atoms with E-state index in [1.807, 2.05) is 0 Å². The molecule has 5 heterocycles. The van der Waals surface area contributed by atoms with Gasteiger partial charge in [-0.15, -0.1) is 0 Å². The van der Waals surface area contributed by atoms with E-state index < -0.39 is 107 Å². The highest BCUT2D eigenvalue weighted by Crippen LogP contribution is 2.47. The first kappa shape index (κ1) is 36.4. The molecule has 2 aromatic heterocycles. The van der Waals surface area contributed by atoms with Gasteiger partial charge in [-0.3, -0.25) is 18.2 Å². The van der Waals surface area contributed by atoms with Crippen molar-refractivity contribution in [1.29, 1.82) is 0 Å². The number of hydrogen-bond donors (Lipinski definition) is 8. The van der Waals surface area contributed by atoms with E-state index in [0.717, 1.165) is 9.13 Å². The average molecular weight is 709 g/mol. The van der Waals surface area contributed by atoms with Crippen LogP contribution in [0, 0.1) is 0 Å². The number of aromatic nitrogens is 4. The largest absolute Gasteiger partial charge is 0.474 e. The fourth-order valence-corrected chi connectivity index (χ4v) is 6.14. The summed E-state index contributed by atoms with van der Waals surface area (Å²) in [6.07, 6.45) is -12.0. The number of ether oxygens (including phenoxy) is 5. The Kier molecular flexibility index (Phi) is 11.6. The second kappa shape index (κ2) is 15.3. The Labute approximate surface area is 270 Å². The molecule has 0 aliphatic carbocycles. The van der Waals surface area contributed by atoms with Gasteiger partial charge in [0.05, 0.1) is 32.0 Å². The summed E-state index contributed by atoms with van der Waals surface area (Å²) in [6.45, 7) is -2.43. The van der Waals surface area contributed by atoms with Gasteiger partial charge in [-0.05, 0) is 12.1 Å². The summed E-state index contributed by atoms with van der Waals surface area (Å²) in [6, 6.07) is 2.76. The summed E-state index contributed by atoms with van der Waals surface area (Å²) >= 11 is 0. The van der Waals surface area contributed by atoms with Crippen LogP contribution in [-0.2, 0) is 37.3 Å². The Morgan fingerprint density at radius 2 is 1.40 bits per heavy atom. The molecule has 0 saturated carbocycles. The number of nitrogen functional groups attached to an aromatic ring is 2. The van der Waals surface area contributed by atoms with Crippen LogP contribution in [0.15, 0.2) is 34.1 Å². The maximum Gasteiger partial charge on any atom is 0.474 e. The second-order valence-electron chi connectivity index (χ2n) is 11.1. The lowest BCUT2D eigenvalue weighted by molar-refractivity contribution is -0.304. The highest BCUT2D eigenvalue weighted by Gasteiger charge is 2.49. The normalized spacial score (nSPS) is 35.1. The van der Waals surface area contributed by atoms with Crippen LogP contribution in [-0.4, -0.2) is 131 Å². The quantitative estimate of drug-likeness (QED) is 0.0557. The molecule has 48 heavy (non-hydrogen) atoms. The van der Waals surface area contributed by atoms with Gasteiger partial charge in [0, 0.05) is 25.2 Å². The maximum absolute atomic E-state index is 12.7. The standard InChI is InChI=1S/C25H37N6O16P/c26-16-1-3-30(24(37)28-16)18-5-11(33)14(44-18)8-41-10-43-48(39,40)47-22-20(35)13(7-32)46-23(21(22)36)42-9-15-12(34)6-19(45-15)31-4-2-17(27)29-25(31)38/h1-4,11-15,18-23,32-36H,5-10H2,(H,39,40)(H2,26,28,37)(H2,27,29,38)/t11-,12-,13+,14+,15+,18+,19-,20+,21+,22-,23+/m0/s1. The van der Waals surface area contributed by atoms with Crippen molar-refractivity contribution in [3.05, 3.63) is 45.5 Å². The minimum atomic E-state index is -5.07. The summed E-state index contributed by atoms with van der Waals surface area (Å²) in [5.41, 5.74) is 9.59. The lowest BCUT2D eigenvalue weighted by atomic mass is 9.99. The molecule has 0 amide bonds. The highest BCUT2D eigenvalue weighted by atomic mass is 31.2. The van der Waals surface area contributed by atoms with Gasteiger partial charge >= 0.3 is 19.2 Å². The van der Waals surface area contributed by atoms with Crippen molar-refractivity contribution in [1.82, 2.24) is 19.1 Å². The summed E-state index contributed by atoms with van der Waals surface area (Å²) in [4.78, 5) is 41.7. The van der Waals surface area contributed by atoms with Gasteiger partial charge in [0.2, 0.25) is 0 Å². The third-order valence-electron chi connectivity index (χ3n) is 7.81. The number of hydrogen-bond acceptors (Lipinski definition) is 19. The Bertz CT molecular complexity index is 1560. The molecular weight excluding hydrogens is 671 g/mol. The van der Waals surface area contributed by atoms with Gasteiger partial charge in [0.1, 0.15) is 60.7 Å². The SMILES string of the molecule is Nc1ccn([C@@H]2C[C@H](O)[C@@H](CO[C@@H]3O[C@H](CO)[C@@H](O)[C@H](OP(=O)(O)OCOC[C@H]4O[C@@H](n5ccc(N)nc5=O)C[C@@H]4O)[C@H]3O)O2)c(=O)n1. The van der Waals surface area contributed by atoms with Crippen LogP contribution in [0.25, 0.3) is 0 Å². The zero-order valence-corrected chi connectivity index (χ0v) is 26.0. The highest BCUT2D eigenvalue weighted by molar-refractivity contribution is 7.47. The lowest BCUT2D eigenvalue weighted by Crippen LogP contribution is -2.60. The predicted octanol–water partition coefficient (Wildman–Crippen LogP) is -4.11. The molecule has 3 aliphatic heterocycles. The summed E-state index contributed by atoms with van der Waals surface area (Å²) in [7, 11) is -5.07. The molecular formula is C25H37N6O16P. The van der Waals surface area contributed by atoms with Gasteiger partial charge in [-0.2, -0.15) is 9.97 Å². The molecule has 23 heteroatoms. The number of phosphoric acid groups is 1. The number of aliphatic hydroxyl groups is 5. The van der Waals surface area contributed by atoms with Crippen molar-refractivity contribution in [2.45, 2.75) is 80.4 Å². The first-order valence-electron chi connectivity index (χ1n) is 14.6. The minimum Gasteiger partial charge on any atom is -0.394 e. The van der Waals surface area contributed by atoms with Crippen molar-refractivity contribution in [3.63, 3.8) is 0 Å². The van der Waals surface area contributed by atoms with Gasteiger partial charge < -0.3 is 65.6 Å². The molecule has 5 rings (SSSR count). The third-order valence-corrected chi connectivity index (χ3v) is 8.76. The van der Waals surface area contributed by atoms with E-state index in [-0.39, 0.29) is 31.1 Å². The van der Waals surface area contributed by atoms with Crippen LogP contribution in [0.4, 0.5) is 11.6 Å². The molecule has 10 N–H and O–H groups in total. The van der Waals surface area contributed by atoms with Crippen molar-refractivity contribution < 1.29 is 67.7 Å². The van der Waals surface area contributed by atoms with E-state index in [4.69, 9.17) is 44.2 Å². The number of aliphatic hydroxyl groups excluding tert-OH is 5. The molecule has 0 aromatic carbocycles. The number of phosphoric ester groups is 1. The molecule has 3 aliphatic rings. The van der Waals surface area contributed by atoms with Gasteiger partial charge in [-0.1, -0.05) is 0 Å². The van der Waals surface area contributed by atoms with Crippen molar-refractivity contribution >= 4 is 19.5 Å². The Morgan fingerprint density at radius 1 is 0.854 bits per heavy atom. The number of nitrogens with two attached hydrogens (primary N) is 2. The maximum atomic E-state index is 12.7. The molecule has 1 unspecified atom stereocenters. The molecule has 0 bridgehead atoms. The zero-order valence-electron chi connectivity index (χ0n) is 25.1. The van der Waals surface area contributed by atoms with E-state index in [1.54, 1.807) is 0 Å². The van der Waals surface area contributed by atoms with Crippen LogP contribution in [0.1, 0.15) is 25.3 Å². The first-order valence-corrected chi connectivity index (χ1v) is 16.1.